The van der Waals surface area contributed by atoms with E-state index in [0.717, 1.165) is 10.0 Å². The molecule has 6 nitrogen and oxygen atoms in total. The lowest BCUT2D eigenvalue weighted by atomic mass is 10.1. The Labute approximate surface area is 165 Å². The molecule has 0 spiro atoms. The zero-order chi connectivity index (χ0) is 19.2. The first-order valence-electron chi connectivity index (χ1n) is 8.43. The predicted octanol–water partition coefficient (Wildman–Crippen LogP) is 4.62. The highest BCUT2D eigenvalue weighted by Gasteiger charge is 2.20. The van der Waals surface area contributed by atoms with Gasteiger partial charge < -0.3 is 28.5 Å². The molecule has 2 aromatic carbocycles. The second kappa shape index (κ2) is 9.12. The largest absolute Gasteiger partial charge is 0.504 e. The summed E-state index contributed by atoms with van der Waals surface area (Å²) in [6.45, 7) is 1.62. The predicted molar refractivity (Wildman–Crippen MR) is 106 cm³/mol. The molecule has 0 amide bonds. The Morgan fingerprint density at radius 3 is 2.26 bits per heavy atom. The van der Waals surface area contributed by atoms with Crippen molar-refractivity contribution in [3.63, 3.8) is 0 Å². The summed E-state index contributed by atoms with van der Waals surface area (Å²) >= 11 is 3.41. The van der Waals surface area contributed by atoms with Crippen LogP contribution < -0.4 is 9.47 Å². The van der Waals surface area contributed by atoms with Crippen LogP contribution in [0.2, 0.25) is 0 Å². The molecule has 3 aromatic rings. The summed E-state index contributed by atoms with van der Waals surface area (Å²) in [5.74, 6) is 1.45. The number of rotatable bonds is 9. The van der Waals surface area contributed by atoms with Crippen LogP contribution in [0.3, 0.4) is 0 Å². The highest BCUT2D eigenvalue weighted by atomic mass is 79.9. The minimum atomic E-state index is 0.0307. The van der Waals surface area contributed by atoms with Gasteiger partial charge in [0.25, 0.3) is 0 Å². The minimum Gasteiger partial charge on any atom is -0.504 e. The third-order valence-corrected chi connectivity index (χ3v) is 4.44. The van der Waals surface area contributed by atoms with Crippen molar-refractivity contribution in [1.29, 1.82) is 0 Å². The fourth-order valence-corrected chi connectivity index (χ4v) is 2.89. The second-order valence-electron chi connectivity index (χ2n) is 5.76. The number of halogens is 1. The van der Waals surface area contributed by atoms with Gasteiger partial charge in [0, 0.05) is 36.4 Å². The van der Waals surface area contributed by atoms with Crippen molar-refractivity contribution in [1.82, 2.24) is 0 Å². The van der Waals surface area contributed by atoms with Gasteiger partial charge in [0.15, 0.2) is 11.5 Å². The number of benzene rings is 2. The lowest BCUT2D eigenvalue weighted by molar-refractivity contribution is 0.143. The molecule has 7 heteroatoms. The smallest absolute Gasteiger partial charge is 0.177 e. The van der Waals surface area contributed by atoms with Gasteiger partial charge in [0.1, 0.15) is 35.7 Å². The maximum atomic E-state index is 10.8. The van der Waals surface area contributed by atoms with Gasteiger partial charge in [-0.15, -0.1) is 0 Å². The number of hydrogen-bond donors (Lipinski definition) is 1. The first-order valence-corrected chi connectivity index (χ1v) is 9.22. The fourth-order valence-electron chi connectivity index (χ4n) is 2.62. The standard InChI is InChI=1S/C20H21BrO6/c1-23-7-9-25-15-11-16(26-10-8-24-2)18-17(12-15)27-20(19(18)22)13-3-5-14(21)6-4-13/h3-6,11-12,22H,7-10H2,1-2H3. The minimum absolute atomic E-state index is 0.0307. The molecule has 1 heterocycles. The van der Waals surface area contributed by atoms with Crippen LogP contribution >= 0.6 is 15.9 Å². The topological polar surface area (TPSA) is 70.3 Å². The number of hydrogen-bond acceptors (Lipinski definition) is 6. The van der Waals surface area contributed by atoms with Crippen LogP contribution in [0.15, 0.2) is 45.3 Å². The first kappa shape index (κ1) is 19.5. The van der Waals surface area contributed by atoms with Crippen LogP contribution in [-0.2, 0) is 9.47 Å². The van der Waals surface area contributed by atoms with Crippen molar-refractivity contribution in [2.75, 3.05) is 40.6 Å². The van der Waals surface area contributed by atoms with Crippen molar-refractivity contribution in [2.24, 2.45) is 0 Å². The molecular formula is C20H21BrO6. The molecule has 0 fully saturated rings. The van der Waals surface area contributed by atoms with Gasteiger partial charge in [-0.05, 0) is 24.3 Å². The molecule has 1 aromatic heterocycles. The molecule has 0 radical (unpaired) electrons. The van der Waals surface area contributed by atoms with E-state index in [1.807, 2.05) is 24.3 Å². The lowest BCUT2D eigenvalue weighted by Crippen LogP contribution is -2.06. The Morgan fingerprint density at radius 2 is 1.59 bits per heavy atom. The fraction of sp³-hybridized carbons (Fsp3) is 0.300. The Kier molecular flexibility index (Phi) is 6.60. The van der Waals surface area contributed by atoms with Crippen LogP contribution in [0, 0.1) is 0 Å². The molecule has 144 valence electrons. The van der Waals surface area contributed by atoms with Crippen LogP contribution in [0.4, 0.5) is 0 Å². The summed E-state index contributed by atoms with van der Waals surface area (Å²) in [7, 11) is 3.21. The summed E-state index contributed by atoms with van der Waals surface area (Å²) in [4.78, 5) is 0. The van der Waals surface area contributed by atoms with Crippen molar-refractivity contribution < 1.29 is 28.5 Å². The molecular weight excluding hydrogens is 416 g/mol. The molecule has 3 rings (SSSR count). The molecule has 0 atom stereocenters. The highest BCUT2D eigenvalue weighted by molar-refractivity contribution is 9.10. The van der Waals surface area contributed by atoms with Gasteiger partial charge >= 0.3 is 0 Å². The van der Waals surface area contributed by atoms with E-state index >= 15 is 0 Å². The highest BCUT2D eigenvalue weighted by Crippen LogP contribution is 2.45. The molecule has 0 aliphatic carbocycles. The number of methoxy groups -OCH3 is 2. The van der Waals surface area contributed by atoms with Gasteiger partial charge in [-0.2, -0.15) is 0 Å². The Bertz CT molecular complexity index is 888. The monoisotopic (exact) mass is 436 g/mol. The summed E-state index contributed by atoms with van der Waals surface area (Å²) in [5, 5.41) is 11.3. The molecule has 0 saturated carbocycles. The SMILES string of the molecule is COCCOc1cc(OCCOC)c2c(O)c(-c3ccc(Br)cc3)oc2c1. The van der Waals surface area contributed by atoms with Crippen molar-refractivity contribution in [2.45, 2.75) is 0 Å². The van der Waals surface area contributed by atoms with E-state index in [-0.39, 0.29) is 5.75 Å². The normalized spacial score (nSPS) is 11.1. The third kappa shape index (κ3) is 4.55. The zero-order valence-electron chi connectivity index (χ0n) is 15.2. The van der Waals surface area contributed by atoms with Crippen LogP contribution in [0.1, 0.15) is 0 Å². The molecule has 27 heavy (non-hydrogen) atoms. The molecule has 1 N–H and O–H groups in total. The number of furan rings is 1. The maximum absolute atomic E-state index is 10.8. The Balaban J connectivity index is 2.03. The Morgan fingerprint density at radius 1 is 0.926 bits per heavy atom. The summed E-state index contributed by atoms with van der Waals surface area (Å²) in [5.41, 5.74) is 1.24. The van der Waals surface area contributed by atoms with E-state index in [1.54, 1.807) is 26.4 Å². The maximum Gasteiger partial charge on any atom is 0.177 e. The van der Waals surface area contributed by atoms with Gasteiger partial charge in [-0.3, -0.25) is 0 Å². The van der Waals surface area contributed by atoms with Crippen molar-refractivity contribution in [3.05, 3.63) is 40.9 Å². The molecule has 0 aliphatic heterocycles. The number of aromatic hydroxyl groups is 1. The molecule has 0 bridgehead atoms. The molecule has 0 saturated heterocycles. The zero-order valence-corrected chi connectivity index (χ0v) is 16.7. The lowest BCUT2D eigenvalue weighted by Gasteiger charge is -2.10. The van der Waals surface area contributed by atoms with Crippen molar-refractivity contribution in [3.8, 4) is 28.6 Å². The van der Waals surface area contributed by atoms with E-state index in [0.29, 0.717) is 54.7 Å². The number of fused-ring (bicyclic) bond motifs is 1. The van der Waals surface area contributed by atoms with E-state index in [1.165, 1.54) is 0 Å². The van der Waals surface area contributed by atoms with Gasteiger partial charge in [-0.25, -0.2) is 0 Å². The Hall–Kier alpha value is -2.22. The van der Waals surface area contributed by atoms with Crippen LogP contribution in [0.25, 0.3) is 22.3 Å². The van der Waals surface area contributed by atoms with E-state index < -0.39 is 0 Å². The molecule has 0 unspecified atom stereocenters. The van der Waals surface area contributed by atoms with E-state index in [4.69, 9.17) is 23.4 Å². The van der Waals surface area contributed by atoms with Gasteiger partial charge in [-0.1, -0.05) is 15.9 Å². The van der Waals surface area contributed by atoms with Gasteiger partial charge in [0.05, 0.1) is 13.2 Å². The molecule has 0 aliphatic rings. The summed E-state index contributed by atoms with van der Waals surface area (Å²) < 4.78 is 28.4. The van der Waals surface area contributed by atoms with Gasteiger partial charge in [0.2, 0.25) is 0 Å². The van der Waals surface area contributed by atoms with E-state index in [2.05, 4.69) is 15.9 Å². The summed E-state index contributed by atoms with van der Waals surface area (Å²) in [6.07, 6.45) is 0. The summed E-state index contributed by atoms with van der Waals surface area (Å²) in [6, 6.07) is 11.0. The average Bonchev–Trinajstić information content (AvgIpc) is 2.99. The van der Waals surface area contributed by atoms with Crippen LogP contribution in [-0.4, -0.2) is 45.8 Å². The third-order valence-electron chi connectivity index (χ3n) is 3.91. The second-order valence-corrected chi connectivity index (χ2v) is 6.68. The van der Waals surface area contributed by atoms with Crippen LogP contribution in [0.5, 0.6) is 17.2 Å². The quantitative estimate of drug-likeness (QED) is 0.493. The van der Waals surface area contributed by atoms with E-state index in [9.17, 15) is 5.11 Å². The first-order chi connectivity index (χ1) is 13.1. The number of ether oxygens (including phenoxy) is 4. The van der Waals surface area contributed by atoms with Crippen molar-refractivity contribution >= 4 is 26.9 Å². The average molecular weight is 437 g/mol.